The van der Waals surface area contributed by atoms with Gasteiger partial charge in [0.25, 0.3) is 10.0 Å². The van der Waals surface area contributed by atoms with Crippen molar-refractivity contribution in [2.24, 2.45) is 0 Å². The lowest BCUT2D eigenvalue weighted by Crippen LogP contribution is -2.12. The van der Waals surface area contributed by atoms with Crippen LogP contribution < -0.4 is 10.0 Å². The third-order valence-electron chi connectivity index (χ3n) is 4.13. The molecule has 30 heavy (non-hydrogen) atoms. The van der Waals surface area contributed by atoms with Crippen molar-refractivity contribution in [2.75, 3.05) is 10.0 Å². The van der Waals surface area contributed by atoms with Crippen molar-refractivity contribution in [3.8, 4) is 5.82 Å². The summed E-state index contributed by atoms with van der Waals surface area (Å²) in [6.07, 6.45) is 5.09. The lowest BCUT2D eigenvalue weighted by Gasteiger charge is -2.11. The Hall–Kier alpha value is -3.79. The van der Waals surface area contributed by atoms with E-state index in [-0.39, 0.29) is 4.90 Å². The molecule has 0 saturated heterocycles. The summed E-state index contributed by atoms with van der Waals surface area (Å²) in [7, 11) is -3.80. The van der Waals surface area contributed by atoms with Crippen molar-refractivity contribution < 1.29 is 12.8 Å². The molecule has 0 radical (unpaired) electrons. The first-order chi connectivity index (χ1) is 14.4. The summed E-state index contributed by atoms with van der Waals surface area (Å²) in [5.41, 5.74) is 1.09. The summed E-state index contributed by atoms with van der Waals surface area (Å²) in [5.74, 6) is 1.35. The minimum atomic E-state index is -3.80. The van der Waals surface area contributed by atoms with E-state index in [0.717, 1.165) is 17.8 Å². The molecule has 4 rings (SSSR count). The van der Waals surface area contributed by atoms with E-state index in [0.29, 0.717) is 23.1 Å². The monoisotopic (exact) mass is 424 g/mol. The van der Waals surface area contributed by atoms with E-state index in [4.69, 9.17) is 0 Å². The van der Waals surface area contributed by atoms with Crippen molar-refractivity contribution in [2.45, 2.75) is 11.8 Å². The van der Waals surface area contributed by atoms with Gasteiger partial charge >= 0.3 is 0 Å². The van der Waals surface area contributed by atoms with Crippen molar-refractivity contribution in [3.63, 3.8) is 0 Å². The van der Waals surface area contributed by atoms with Crippen LogP contribution in [0.2, 0.25) is 0 Å². The highest BCUT2D eigenvalue weighted by Gasteiger charge is 2.14. The lowest BCUT2D eigenvalue weighted by molar-refractivity contribution is 0.599. The Labute approximate surface area is 172 Å². The fourth-order valence-corrected chi connectivity index (χ4v) is 3.80. The molecule has 152 valence electrons. The third kappa shape index (κ3) is 4.44. The molecular weight excluding hydrogens is 407 g/mol. The second-order valence-corrected chi connectivity index (χ2v) is 8.07. The Morgan fingerprint density at radius 2 is 1.67 bits per heavy atom. The maximum atomic E-state index is 13.0. The van der Waals surface area contributed by atoms with Crippen LogP contribution in [0.5, 0.6) is 0 Å². The van der Waals surface area contributed by atoms with Gasteiger partial charge in [-0.1, -0.05) is 0 Å². The fourth-order valence-electron chi connectivity index (χ4n) is 2.74. The van der Waals surface area contributed by atoms with E-state index >= 15 is 0 Å². The Bertz CT molecular complexity index is 1260. The summed E-state index contributed by atoms with van der Waals surface area (Å²) >= 11 is 0. The van der Waals surface area contributed by atoms with E-state index in [1.165, 1.54) is 12.1 Å². The molecule has 0 aliphatic carbocycles. The molecule has 0 bridgehead atoms. The van der Waals surface area contributed by atoms with E-state index in [9.17, 15) is 12.8 Å². The quantitative estimate of drug-likeness (QED) is 0.490. The Morgan fingerprint density at radius 3 is 2.33 bits per heavy atom. The van der Waals surface area contributed by atoms with Gasteiger partial charge in [0.1, 0.15) is 29.6 Å². The van der Waals surface area contributed by atoms with Crippen molar-refractivity contribution >= 4 is 27.2 Å². The summed E-state index contributed by atoms with van der Waals surface area (Å²) < 4.78 is 42.1. The molecule has 0 aliphatic heterocycles. The largest absolute Gasteiger partial charge is 0.340 e. The third-order valence-corrected chi connectivity index (χ3v) is 5.52. The number of nitrogens with one attached hydrogen (secondary N) is 2. The molecule has 0 amide bonds. The molecule has 4 aromatic rings. The lowest BCUT2D eigenvalue weighted by atomic mass is 10.3. The number of hydrogen-bond acceptors (Lipinski definition) is 6. The molecule has 0 atom stereocenters. The first-order valence-electron chi connectivity index (χ1n) is 8.88. The molecule has 0 unspecified atom stereocenters. The van der Waals surface area contributed by atoms with E-state index in [1.807, 2.05) is 0 Å². The van der Waals surface area contributed by atoms with Crippen LogP contribution in [-0.2, 0) is 10.0 Å². The topological polar surface area (TPSA) is 102 Å². The Kier molecular flexibility index (Phi) is 5.15. The van der Waals surface area contributed by atoms with Crippen LogP contribution in [0.3, 0.4) is 0 Å². The SMILES string of the molecule is Cc1nc(Nc2ccc(NS(=O)(=O)c3ccc(F)cc3)cc2)cc(-n2ccnc2)n1. The van der Waals surface area contributed by atoms with Gasteiger partial charge in [-0.25, -0.2) is 27.8 Å². The number of rotatable bonds is 6. The Balaban J connectivity index is 1.50. The van der Waals surface area contributed by atoms with E-state index < -0.39 is 15.8 Å². The Morgan fingerprint density at radius 1 is 0.967 bits per heavy atom. The number of benzene rings is 2. The molecular formula is C20H17FN6O2S. The average molecular weight is 424 g/mol. The summed E-state index contributed by atoms with van der Waals surface area (Å²) in [6, 6.07) is 13.1. The standard InChI is InChI=1S/C20H17FN6O2S/c1-14-23-19(12-20(24-14)27-11-10-22-13-27)25-16-4-6-17(7-5-16)26-30(28,29)18-8-2-15(21)3-9-18/h2-13,26H,1H3,(H,23,24,25). The molecule has 8 nitrogen and oxygen atoms in total. The summed E-state index contributed by atoms with van der Waals surface area (Å²) in [6.45, 7) is 1.79. The molecule has 2 aromatic heterocycles. The van der Waals surface area contributed by atoms with Crippen LogP contribution in [0.15, 0.2) is 78.2 Å². The van der Waals surface area contributed by atoms with Crippen molar-refractivity contribution in [3.05, 3.63) is 85.0 Å². The number of nitrogens with zero attached hydrogens (tertiary/aromatic N) is 4. The summed E-state index contributed by atoms with van der Waals surface area (Å²) in [4.78, 5) is 12.7. The predicted octanol–water partition coefficient (Wildman–Crippen LogP) is 3.65. The minimum Gasteiger partial charge on any atom is -0.340 e. The van der Waals surface area contributed by atoms with Gasteiger partial charge in [-0.15, -0.1) is 0 Å². The first-order valence-corrected chi connectivity index (χ1v) is 10.4. The van der Waals surface area contributed by atoms with Gasteiger partial charge in [-0.05, 0) is 55.5 Å². The number of imidazole rings is 1. The highest BCUT2D eigenvalue weighted by Crippen LogP contribution is 2.21. The van der Waals surface area contributed by atoms with Gasteiger partial charge in [0.2, 0.25) is 0 Å². The zero-order chi connectivity index (χ0) is 21.1. The van der Waals surface area contributed by atoms with Crippen LogP contribution >= 0.6 is 0 Å². The number of sulfonamides is 1. The van der Waals surface area contributed by atoms with Crippen LogP contribution in [0.4, 0.5) is 21.6 Å². The average Bonchev–Trinajstić information content (AvgIpc) is 3.24. The second kappa shape index (κ2) is 7.91. The van der Waals surface area contributed by atoms with Gasteiger partial charge in [0.15, 0.2) is 0 Å². The smallest absolute Gasteiger partial charge is 0.261 e. The van der Waals surface area contributed by atoms with Crippen LogP contribution in [0.25, 0.3) is 5.82 Å². The van der Waals surface area contributed by atoms with Crippen LogP contribution in [-0.4, -0.2) is 27.9 Å². The van der Waals surface area contributed by atoms with Gasteiger partial charge in [-0.2, -0.15) is 0 Å². The maximum Gasteiger partial charge on any atom is 0.261 e. The predicted molar refractivity (Wildman–Crippen MR) is 111 cm³/mol. The molecule has 2 N–H and O–H groups in total. The number of hydrogen-bond donors (Lipinski definition) is 2. The highest BCUT2D eigenvalue weighted by atomic mass is 32.2. The number of anilines is 3. The number of aromatic nitrogens is 4. The van der Waals surface area contributed by atoms with Gasteiger partial charge in [0.05, 0.1) is 4.90 Å². The molecule has 0 aliphatic rings. The van der Waals surface area contributed by atoms with Crippen LogP contribution in [0.1, 0.15) is 5.82 Å². The van der Waals surface area contributed by atoms with Gasteiger partial charge in [0, 0.05) is 29.8 Å². The number of aryl methyl sites for hydroxylation is 1. The molecule has 0 spiro atoms. The van der Waals surface area contributed by atoms with E-state index in [2.05, 4.69) is 25.0 Å². The molecule has 0 fully saturated rings. The number of halogens is 1. The maximum absolute atomic E-state index is 13.0. The highest BCUT2D eigenvalue weighted by molar-refractivity contribution is 7.92. The molecule has 10 heteroatoms. The zero-order valence-corrected chi connectivity index (χ0v) is 16.6. The molecule has 2 heterocycles. The normalized spacial score (nSPS) is 11.3. The molecule has 2 aromatic carbocycles. The van der Waals surface area contributed by atoms with Crippen LogP contribution in [0, 0.1) is 12.7 Å². The zero-order valence-electron chi connectivity index (χ0n) is 15.8. The van der Waals surface area contributed by atoms with Gasteiger partial charge < -0.3 is 5.32 Å². The van der Waals surface area contributed by atoms with Crippen molar-refractivity contribution in [1.29, 1.82) is 0 Å². The minimum absolute atomic E-state index is 0.0189. The van der Waals surface area contributed by atoms with E-state index in [1.54, 1.807) is 60.5 Å². The fraction of sp³-hybridized carbons (Fsp3) is 0.0500. The van der Waals surface area contributed by atoms with Crippen molar-refractivity contribution in [1.82, 2.24) is 19.5 Å². The van der Waals surface area contributed by atoms with Gasteiger partial charge in [-0.3, -0.25) is 9.29 Å². The second-order valence-electron chi connectivity index (χ2n) is 6.39. The first kappa shape index (κ1) is 19.5. The molecule has 0 saturated carbocycles. The summed E-state index contributed by atoms with van der Waals surface area (Å²) in [5, 5.41) is 3.17.